The van der Waals surface area contributed by atoms with Crippen LogP contribution in [0.25, 0.3) is 5.69 Å². The molecular weight excluding hydrogens is 550 g/mol. The highest BCUT2D eigenvalue weighted by molar-refractivity contribution is 7.88. The van der Waals surface area contributed by atoms with E-state index < -0.39 is 10.0 Å². The molecule has 40 heavy (non-hydrogen) atoms. The van der Waals surface area contributed by atoms with Crippen LogP contribution >= 0.6 is 11.6 Å². The van der Waals surface area contributed by atoms with Crippen molar-refractivity contribution >= 4 is 33.0 Å². The van der Waals surface area contributed by atoms with Gasteiger partial charge in [0.2, 0.25) is 10.0 Å². The number of hydrogen-bond acceptors (Lipinski definition) is 7. The molecule has 3 aromatic carbocycles. The van der Waals surface area contributed by atoms with Crippen LogP contribution in [-0.2, 0) is 22.2 Å². The van der Waals surface area contributed by atoms with Gasteiger partial charge in [0.05, 0.1) is 30.4 Å². The first-order valence-corrected chi connectivity index (χ1v) is 14.8. The van der Waals surface area contributed by atoms with Crippen LogP contribution in [0.1, 0.15) is 16.7 Å². The molecule has 2 N–H and O–H groups in total. The molecule has 0 bridgehead atoms. The summed E-state index contributed by atoms with van der Waals surface area (Å²) in [5.74, 6) is 0.638. The summed E-state index contributed by atoms with van der Waals surface area (Å²) in [7, 11) is -1.91. The fraction of sp³-hybridized carbons (Fsp3) is 0.241. The molecule has 1 aliphatic heterocycles. The number of methoxy groups -OCH3 is 1. The first kappa shape index (κ1) is 27.7. The average molecular weight is 580 g/mol. The Morgan fingerprint density at radius 1 is 0.950 bits per heavy atom. The maximum atomic E-state index is 13.8. The molecule has 4 aromatic rings. The van der Waals surface area contributed by atoms with Crippen molar-refractivity contribution in [3.8, 4) is 11.4 Å². The SMILES string of the molecule is COc1ccc(Cc2c(N3CCN(S(=O)(=O)Cc4ccc(N)cc4)CC3)cnn(-c3cccc(Cl)c3)c2=O)cc1. The van der Waals surface area contributed by atoms with E-state index in [1.807, 2.05) is 29.2 Å². The van der Waals surface area contributed by atoms with Gasteiger partial charge in [-0.15, -0.1) is 0 Å². The number of piperazine rings is 1. The Morgan fingerprint density at radius 2 is 1.62 bits per heavy atom. The second kappa shape index (κ2) is 11.7. The van der Waals surface area contributed by atoms with Gasteiger partial charge in [-0.3, -0.25) is 4.79 Å². The quantitative estimate of drug-likeness (QED) is 0.317. The van der Waals surface area contributed by atoms with E-state index in [0.717, 1.165) is 11.3 Å². The summed E-state index contributed by atoms with van der Waals surface area (Å²) in [5.41, 5.74) is 9.52. The van der Waals surface area contributed by atoms with Gasteiger partial charge >= 0.3 is 0 Å². The number of rotatable bonds is 8. The molecule has 0 saturated carbocycles. The van der Waals surface area contributed by atoms with Gasteiger partial charge in [-0.25, -0.2) is 8.42 Å². The van der Waals surface area contributed by atoms with Crippen LogP contribution in [0, 0.1) is 0 Å². The summed E-state index contributed by atoms with van der Waals surface area (Å²) in [5, 5.41) is 4.97. The van der Waals surface area contributed by atoms with Crippen molar-refractivity contribution in [1.82, 2.24) is 14.1 Å². The smallest absolute Gasteiger partial charge is 0.277 e. The van der Waals surface area contributed by atoms with Gasteiger partial charge in [-0.1, -0.05) is 41.9 Å². The molecule has 2 heterocycles. The number of sulfonamides is 1. The topological polar surface area (TPSA) is 111 Å². The minimum Gasteiger partial charge on any atom is -0.497 e. The molecule has 0 amide bonds. The van der Waals surface area contributed by atoms with Crippen molar-refractivity contribution in [1.29, 1.82) is 0 Å². The van der Waals surface area contributed by atoms with Crippen LogP contribution in [0.15, 0.2) is 83.8 Å². The Morgan fingerprint density at radius 3 is 2.27 bits per heavy atom. The fourth-order valence-electron chi connectivity index (χ4n) is 4.78. The van der Waals surface area contributed by atoms with Gasteiger partial charge in [0.1, 0.15) is 5.75 Å². The summed E-state index contributed by atoms with van der Waals surface area (Å²) in [6.45, 7) is 1.46. The van der Waals surface area contributed by atoms with Crippen molar-refractivity contribution in [2.24, 2.45) is 0 Å². The second-order valence-electron chi connectivity index (χ2n) is 9.61. The lowest BCUT2D eigenvalue weighted by Crippen LogP contribution is -2.49. The Bertz CT molecular complexity index is 1650. The van der Waals surface area contributed by atoms with E-state index in [0.29, 0.717) is 65.8 Å². The van der Waals surface area contributed by atoms with E-state index in [1.165, 1.54) is 8.99 Å². The van der Waals surface area contributed by atoms with Gasteiger partial charge in [-0.05, 0) is 53.6 Å². The number of anilines is 2. The van der Waals surface area contributed by atoms with Crippen LogP contribution in [0.3, 0.4) is 0 Å². The third-order valence-corrected chi connectivity index (χ3v) is 9.03. The van der Waals surface area contributed by atoms with Gasteiger partial charge in [0.25, 0.3) is 5.56 Å². The standard InChI is InChI=1S/C29H30ClN5O4S/c1-39-26-11-7-21(8-12-26)17-27-28(19-32-35(29(27)36)25-4-2-3-23(30)18-25)33-13-15-34(16-14-33)40(37,38)20-22-5-9-24(31)10-6-22/h2-12,18-19H,13-17,20,31H2,1H3. The number of nitrogens with two attached hydrogens (primary N) is 1. The Hall–Kier alpha value is -3.86. The Labute approximate surface area is 238 Å². The second-order valence-corrected chi connectivity index (χ2v) is 12.0. The predicted octanol–water partition coefficient (Wildman–Crippen LogP) is 3.72. The molecule has 0 spiro atoms. The fourth-order valence-corrected chi connectivity index (χ4v) is 6.48. The summed E-state index contributed by atoms with van der Waals surface area (Å²) in [4.78, 5) is 15.8. The summed E-state index contributed by atoms with van der Waals surface area (Å²) in [6, 6.07) is 21.4. The molecule has 1 fully saturated rings. The normalized spacial score (nSPS) is 14.3. The van der Waals surface area contributed by atoms with Crippen LogP contribution in [-0.4, -0.2) is 55.8 Å². The predicted molar refractivity (Wildman–Crippen MR) is 158 cm³/mol. The summed E-state index contributed by atoms with van der Waals surface area (Å²) >= 11 is 6.18. The Kier molecular flexibility index (Phi) is 8.11. The lowest BCUT2D eigenvalue weighted by Gasteiger charge is -2.36. The van der Waals surface area contributed by atoms with E-state index in [9.17, 15) is 13.2 Å². The highest BCUT2D eigenvalue weighted by atomic mass is 35.5. The highest BCUT2D eigenvalue weighted by Gasteiger charge is 2.29. The number of halogens is 1. The van der Waals surface area contributed by atoms with Crippen molar-refractivity contribution in [3.05, 3.63) is 111 Å². The molecule has 208 valence electrons. The van der Waals surface area contributed by atoms with Gasteiger partial charge in [0.15, 0.2) is 0 Å². The Balaban J connectivity index is 1.41. The number of ether oxygens (including phenoxy) is 1. The van der Waals surface area contributed by atoms with Crippen LogP contribution in [0.4, 0.5) is 11.4 Å². The van der Waals surface area contributed by atoms with E-state index in [2.05, 4.69) is 5.10 Å². The molecule has 0 aliphatic carbocycles. The van der Waals surface area contributed by atoms with Gasteiger partial charge < -0.3 is 15.4 Å². The molecule has 0 atom stereocenters. The molecular formula is C29H30ClN5O4S. The van der Waals surface area contributed by atoms with E-state index in [1.54, 1.807) is 61.8 Å². The van der Waals surface area contributed by atoms with E-state index >= 15 is 0 Å². The molecule has 1 aliphatic rings. The lowest BCUT2D eigenvalue weighted by molar-refractivity contribution is 0.384. The molecule has 1 aromatic heterocycles. The minimum absolute atomic E-state index is 0.0900. The van der Waals surface area contributed by atoms with E-state index in [-0.39, 0.29) is 11.3 Å². The summed E-state index contributed by atoms with van der Waals surface area (Å²) in [6.07, 6.45) is 2.05. The van der Waals surface area contributed by atoms with Crippen LogP contribution in [0.2, 0.25) is 5.02 Å². The van der Waals surface area contributed by atoms with Crippen molar-refractivity contribution < 1.29 is 13.2 Å². The summed E-state index contributed by atoms with van der Waals surface area (Å²) < 4.78 is 34.4. The molecule has 9 nitrogen and oxygen atoms in total. The average Bonchev–Trinajstić information content (AvgIpc) is 2.95. The molecule has 0 radical (unpaired) electrons. The van der Waals surface area contributed by atoms with Crippen LogP contribution in [0.5, 0.6) is 5.75 Å². The minimum atomic E-state index is -3.52. The molecule has 1 saturated heterocycles. The zero-order valence-corrected chi connectivity index (χ0v) is 23.6. The molecule has 0 unspecified atom stereocenters. The molecule has 5 rings (SSSR count). The zero-order valence-electron chi connectivity index (χ0n) is 22.0. The van der Waals surface area contributed by atoms with Crippen molar-refractivity contribution in [2.75, 3.05) is 43.9 Å². The monoisotopic (exact) mass is 579 g/mol. The number of hydrogen-bond donors (Lipinski definition) is 1. The third-order valence-electron chi connectivity index (χ3n) is 6.95. The largest absolute Gasteiger partial charge is 0.497 e. The van der Waals surface area contributed by atoms with Crippen LogP contribution < -0.4 is 20.9 Å². The third kappa shape index (κ3) is 6.14. The van der Waals surface area contributed by atoms with Crippen molar-refractivity contribution in [3.63, 3.8) is 0 Å². The number of aromatic nitrogens is 2. The maximum absolute atomic E-state index is 13.8. The molecule has 11 heteroatoms. The lowest BCUT2D eigenvalue weighted by atomic mass is 10.0. The van der Waals surface area contributed by atoms with E-state index in [4.69, 9.17) is 22.1 Å². The number of nitrogen functional groups attached to an aromatic ring is 1. The first-order chi connectivity index (χ1) is 19.2. The first-order valence-electron chi connectivity index (χ1n) is 12.8. The van der Waals surface area contributed by atoms with Gasteiger partial charge in [0, 0.05) is 48.9 Å². The zero-order chi connectivity index (χ0) is 28.3. The van der Waals surface area contributed by atoms with Crippen molar-refractivity contribution in [2.45, 2.75) is 12.2 Å². The maximum Gasteiger partial charge on any atom is 0.277 e. The number of benzene rings is 3. The number of nitrogens with zero attached hydrogens (tertiary/aromatic N) is 4. The van der Waals surface area contributed by atoms with Gasteiger partial charge in [-0.2, -0.15) is 14.1 Å². The highest BCUT2D eigenvalue weighted by Crippen LogP contribution is 2.25.